The highest BCUT2D eigenvalue weighted by Gasteiger charge is 2.32. The van der Waals surface area contributed by atoms with Crippen LogP contribution < -0.4 is 4.90 Å². The molecule has 0 N–H and O–H groups in total. The fourth-order valence-electron chi connectivity index (χ4n) is 2.45. The summed E-state index contributed by atoms with van der Waals surface area (Å²) in [6, 6.07) is 9.69. The van der Waals surface area contributed by atoms with Crippen LogP contribution in [0.1, 0.15) is 22.8 Å². The lowest BCUT2D eigenvalue weighted by atomic mass is 10.1. The van der Waals surface area contributed by atoms with Crippen molar-refractivity contribution in [2.24, 2.45) is 0 Å². The zero-order valence-corrected chi connectivity index (χ0v) is 10.6. The molecule has 1 aromatic heterocycles. The van der Waals surface area contributed by atoms with E-state index in [4.69, 9.17) is 16.0 Å². The Morgan fingerprint density at radius 3 is 2.89 bits per heavy atom. The van der Waals surface area contributed by atoms with Gasteiger partial charge in [-0.15, -0.1) is 0 Å². The Kier molecular flexibility index (Phi) is 2.63. The average molecular weight is 262 g/mol. The maximum Gasteiger partial charge on any atom is 0.263 e. The molecule has 2 heterocycles. The van der Waals surface area contributed by atoms with E-state index in [-0.39, 0.29) is 17.2 Å². The van der Waals surface area contributed by atoms with Crippen LogP contribution in [-0.4, -0.2) is 11.9 Å². The normalized spacial score (nSPS) is 17.9. The van der Waals surface area contributed by atoms with Gasteiger partial charge < -0.3 is 9.32 Å². The van der Waals surface area contributed by atoms with Crippen LogP contribution in [0.15, 0.2) is 41.0 Å². The molecule has 1 unspecified atom stereocenters. The Morgan fingerprint density at radius 1 is 1.39 bits per heavy atom. The third-order valence-electron chi connectivity index (χ3n) is 3.27. The Bertz CT molecular complexity index is 605. The summed E-state index contributed by atoms with van der Waals surface area (Å²) in [7, 11) is 0. The molecule has 3 nitrogen and oxygen atoms in total. The highest BCUT2D eigenvalue weighted by atomic mass is 35.5. The molecule has 0 fully saturated rings. The number of anilines is 1. The molecule has 0 saturated carbocycles. The molecule has 1 amide bonds. The predicted octanol–water partition coefficient (Wildman–Crippen LogP) is 3.52. The van der Waals surface area contributed by atoms with Gasteiger partial charge in [0.15, 0.2) is 0 Å². The van der Waals surface area contributed by atoms with Gasteiger partial charge in [-0.1, -0.05) is 18.2 Å². The van der Waals surface area contributed by atoms with Crippen LogP contribution in [0.5, 0.6) is 0 Å². The fraction of sp³-hybridized carbons (Fsp3) is 0.214. The van der Waals surface area contributed by atoms with E-state index in [0.29, 0.717) is 5.56 Å². The Hall–Kier alpha value is -1.74. The van der Waals surface area contributed by atoms with Crippen LogP contribution in [0.2, 0.25) is 5.22 Å². The largest absolute Gasteiger partial charge is 0.452 e. The molecular formula is C14H12ClNO2. The third kappa shape index (κ3) is 1.63. The highest BCUT2D eigenvalue weighted by molar-refractivity contribution is 6.33. The molecule has 0 aliphatic carbocycles. The van der Waals surface area contributed by atoms with Crippen molar-refractivity contribution in [1.29, 1.82) is 0 Å². The molecule has 92 valence electrons. The fourth-order valence-corrected chi connectivity index (χ4v) is 2.65. The van der Waals surface area contributed by atoms with Crippen molar-refractivity contribution < 1.29 is 9.21 Å². The summed E-state index contributed by atoms with van der Waals surface area (Å²) in [5.74, 6) is -0.105. The second-order valence-electron chi connectivity index (χ2n) is 4.46. The number of carbonyl (C=O) groups excluding carboxylic acids is 1. The monoisotopic (exact) mass is 261 g/mol. The first-order valence-electron chi connectivity index (χ1n) is 5.83. The predicted molar refractivity (Wildman–Crippen MR) is 70.1 cm³/mol. The van der Waals surface area contributed by atoms with Gasteiger partial charge in [-0.25, -0.2) is 0 Å². The van der Waals surface area contributed by atoms with Crippen molar-refractivity contribution in [3.8, 4) is 0 Å². The molecule has 1 aliphatic rings. The lowest BCUT2D eigenvalue weighted by molar-refractivity contribution is 0.0981. The zero-order valence-electron chi connectivity index (χ0n) is 9.89. The smallest absolute Gasteiger partial charge is 0.263 e. The zero-order chi connectivity index (χ0) is 12.7. The number of furan rings is 1. The topological polar surface area (TPSA) is 33.5 Å². The van der Waals surface area contributed by atoms with Crippen LogP contribution in [0.4, 0.5) is 5.69 Å². The van der Waals surface area contributed by atoms with Gasteiger partial charge in [-0.2, -0.15) is 0 Å². The molecule has 0 spiro atoms. The molecule has 0 bridgehead atoms. The Morgan fingerprint density at radius 2 is 2.17 bits per heavy atom. The van der Waals surface area contributed by atoms with E-state index in [0.717, 1.165) is 12.1 Å². The number of para-hydroxylation sites is 1. The quantitative estimate of drug-likeness (QED) is 0.787. The molecule has 1 atom stereocenters. The van der Waals surface area contributed by atoms with E-state index in [1.165, 1.54) is 11.8 Å². The molecule has 1 aromatic carbocycles. The van der Waals surface area contributed by atoms with E-state index >= 15 is 0 Å². The summed E-state index contributed by atoms with van der Waals surface area (Å²) in [6.45, 7) is 2.03. The molecule has 0 radical (unpaired) electrons. The first-order valence-corrected chi connectivity index (χ1v) is 6.20. The van der Waals surface area contributed by atoms with E-state index in [9.17, 15) is 4.79 Å². The number of hydrogen-bond acceptors (Lipinski definition) is 2. The number of rotatable bonds is 1. The van der Waals surface area contributed by atoms with Crippen molar-refractivity contribution in [3.05, 3.63) is 52.9 Å². The van der Waals surface area contributed by atoms with Crippen molar-refractivity contribution in [2.45, 2.75) is 19.4 Å². The third-order valence-corrected chi connectivity index (χ3v) is 3.57. The summed E-state index contributed by atoms with van der Waals surface area (Å²) in [5, 5.41) is 0.150. The molecule has 18 heavy (non-hydrogen) atoms. The van der Waals surface area contributed by atoms with Crippen LogP contribution in [0, 0.1) is 0 Å². The van der Waals surface area contributed by atoms with E-state index in [1.807, 2.05) is 25.1 Å². The average Bonchev–Trinajstić information content (AvgIpc) is 2.91. The number of benzene rings is 1. The van der Waals surface area contributed by atoms with Crippen molar-refractivity contribution in [1.82, 2.24) is 0 Å². The van der Waals surface area contributed by atoms with Crippen molar-refractivity contribution in [2.75, 3.05) is 4.90 Å². The standard InChI is InChI=1S/C14H12ClNO2/c1-9-8-10-4-2-3-5-12(10)16(9)14(17)11-6-7-18-13(11)15/h2-7,9H,8H2,1H3. The van der Waals surface area contributed by atoms with Crippen LogP contribution in [0.25, 0.3) is 0 Å². The number of amides is 1. The van der Waals surface area contributed by atoms with Crippen molar-refractivity contribution >= 4 is 23.2 Å². The summed E-state index contributed by atoms with van der Waals surface area (Å²) >= 11 is 5.87. The second-order valence-corrected chi connectivity index (χ2v) is 4.81. The Balaban J connectivity index is 2.03. The number of hydrogen-bond donors (Lipinski definition) is 0. The van der Waals surface area contributed by atoms with Gasteiger partial charge in [-0.3, -0.25) is 4.79 Å². The van der Waals surface area contributed by atoms with Gasteiger partial charge in [0.2, 0.25) is 5.22 Å². The molecule has 1 aliphatic heterocycles. The van der Waals surface area contributed by atoms with Crippen LogP contribution in [0.3, 0.4) is 0 Å². The van der Waals surface area contributed by atoms with Crippen molar-refractivity contribution in [3.63, 3.8) is 0 Å². The molecule has 4 heteroatoms. The number of nitrogens with zero attached hydrogens (tertiary/aromatic N) is 1. The number of halogens is 1. The lowest BCUT2D eigenvalue weighted by Crippen LogP contribution is -2.35. The van der Waals surface area contributed by atoms with E-state index < -0.39 is 0 Å². The first kappa shape index (κ1) is 11.4. The van der Waals surface area contributed by atoms with Gasteiger partial charge in [0, 0.05) is 11.7 Å². The highest BCUT2D eigenvalue weighted by Crippen LogP contribution is 2.34. The lowest BCUT2D eigenvalue weighted by Gasteiger charge is -2.22. The number of carbonyl (C=O) groups is 1. The SMILES string of the molecule is CC1Cc2ccccc2N1C(=O)c1ccoc1Cl. The van der Waals surface area contributed by atoms with Gasteiger partial charge in [0.1, 0.15) is 0 Å². The van der Waals surface area contributed by atoms with Crippen LogP contribution in [-0.2, 0) is 6.42 Å². The van der Waals surface area contributed by atoms with Gasteiger partial charge in [-0.05, 0) is 42.6 Å². The van der Waals surface area contributed by atoms with Crippen LogP contribution >= 0.6 is 11.6 Å². The van der Waals surface area contributed by atoms with Gasteiger partial charge >= 0.3 is 0 Å². The Labute approximate surface area is 110 Å². The summed E-state index contributed by atoms with van der Waals surface area (Å²) in [4.78, 5) is 14.3. The molecule has 0 saturated heterocycles. The molecule has 2 aromatic rings. The minimum absolute atomic E-state index is 0.105. The maximum absolute atomic E-state index is 12.5. The molecular weight excluding hydrogens is 250 g/mol. The molecule has 3 rings (SSSR count). The summed E-state index contributed by atoms with van der Waals surface area (Å²) in [5.41, 5.74) is 2.57. The minimum atomic E-state index is -0.105. The number of fused-ring (bicyclic) bond motifs is 1. The minimum Gasteiger partial charge on any atom is -0.452 e. The van der Waals surface area contributed by atoms with E-state index in [1.54, 1.807) is 11.0 Å². The summed E-state index contributed by atoms with van der Waals surface area (Å²) in [6.07, 6.45) is 2.31. The summed E-state index contributed by atoms with van der Waals surface area (Å²) < 4.78 is 4.99. The van der Waals surface area contributed by atoms with Gasteiger partial charge in [0.25, 0.3) is 5.91 Å². The first-order chi connectivity index (χ1) is 8.68. The second kappa shape index (κ2) is 4.18. The maximum atomic E-state index is 12.5. The van der Waals surface area contributed by atoms with E-state index in [2.05, 4.69) is 6.07 Å². The van der Waals surface area contributed by atoms with Gasteiger partial charge in [0.05, 0.1) is 11.8 Å².